The molecule has 156 valence electrons. The molecule has 0 saturated carbocycles. The molecule has 0 aliphatic heterocycles. The number of aromatic nitrogens is 3. The van der Waals surface area contributed by atoms with Crippen molar-refractivity contribution in [1.82, 2.24) is 14.3 Å². The van der Waals surface area contributed by atoms with E-state index in [9.17, 15) is 14.9 Å². The van der Waals surface area contributed by atoms with Crippen LogP contribution in [-0.2, 0) is 14.2 Å². The van der Waals surface area contributed by atoms with Crippen LogP contribution >= 0.6 is 0 Å². The summed E-state index contributed by atoms with van der Waals surface area (Å²) in [6, 6.07) is 8.05. The standard InChI is InChI=1S/C21H22N4O5/c1-5-28-21(27)30-14(4)29-20(26)16-10-23-25(12-16)17-6-7-19-18(8-17)15(9-22)11-24(19)13(2)3/h6-8,10-14H,5H2,1-4H3. The largest absolute Gasteiger partial charge is 0.511 e. The molecule has 3 aromatic rings. The Balaban J connectivity index is 1.80. The number of hydrogen-bond donors (Lipinski definition) is 0. The number of hydrogen-bond acceptors (Lipinski definition) is 7. The van der Waals surface area contributed by atoms with Gasteiger partial charge in [-0.05, 0) is 39.0 Å². The summed E-state index contributed by atoms with van der Waals surface area (Å²) in [7, 11) is 0. The molecular weight excluding hydrogens is 388 g/mol. The van der Waals surface area contributed by atoms with Gasteiger partial charge in [-0.2, -0.15) is 10.4 Å². The predicted octanol–water partition coefficient (Wildman–Crippen LogP) is 3.96. The van der Waals surface area contributed by atoms with Crippen LogP contribution in [0.2, 0.25) is 0 Å². The Morgan fingerprint density at radius 3 is 2.63 bits per heavy atom. The van der Waals surface area contributed by atoms with E-state index in [-0.39, 0.29) is 18.2 Å². The molecule has 1 aromatic carbocycles. The predicted molar refractivity (Wildman–Crippen MR) is 107 cm³/mol. The van der Waals surface area contributed by atoms with Gasteiger partial charge in [0.15, 0.2) is 0 Å². The Morgan fingerprint density at radius 1 is 1.20 bits per heavy atom. The van der Waals surface area contributed by atoms with Crippen molar-refractivity contribution in [3.63, 3.8) is 0 Å². The average molecular weight is 410 g/mol. The zero-order valence-electron chi connectivity index (χ0n) is 17.2. The van der Waals surface area contributed by atoms with Crippen molar-refractivity contribution < 1.29 is 23.8 Å². The number of fused-ring (bicyclic) bond motifs is 1. The zero-order chi connectivity index (χ0) is 21.8. The number of benzene rings is 1. The number of nitriles is 1. The first kappa shape index (κ1) is 20.9. The third kappa shape index (κ3) is 4.27. The summed E-state index contributed by atoms with van der Waals surface area (Å²) in [6.07, 6.45) is 2.67. The van der Waals surface area contributed by atoms with E-state index in [1.165, 1.54) is 24.0 Å². The molecule has 2 aromatic heterocycles. The molecule has 0 amide bonds. The molecule has 0 saturated heterocycles. The van der Waals surface area contributed by atoms with Gasteiger partial charge in [-0.15, -0.1) is 0 Å². The molecule has 1 unspecified atom stereocenters. The monoisotopic (exact) mass is 410 g/mol. The molecule has 9 heteroatoms. The highest BCUT2D eigenvalue weighted by Gasteiger charge is 2.18. The maximum Gasteiger partial charge on any atom is 0.511 e. The SMILES string of the molecule is CCOC(=O)OC(C)OC(=O)c1cnn(-c2ccc3c(c2)c(C#N)cn3C(C)C)c1. The number of carbonyl (C=O) groups excluding carboxylic acids is 2. The third-order valence-electron chi connectivity index (χ3n) is 4.37. The van der Waals surface area contributed by atoms with Crippen LogP contribution in [0.4, 0.5) is 4.79 Å². The van der Waals surface area contributed by atoms with Crippen molar-refractivity contribution in [1.29, 1.82) is 5.26 Å². The first-order valence-electron chi connectivity index (χ1n) is 9.48. The quantitative estimate of drug-likeness (QED) is 0.447. The summed E-state index contributed by atoms with van der Waals surface area (Å²) in [5.74, 6) is -0.692. The normalized spacial score (nSPS) is 11.9. The lowest BCUT2D eigenvalue weighted by atomic mass is 10.1. The molecule has 0 bridgehead atoms. The second kappa shape index (κ2) is 8.69. The summed E-state index contributed by atoms with van der Waals surface area (Å²) in [5.41, 5.74) is 2.39. The molecule has 9 nitrogen and oxygen atoms in total. The number of rotatable bonds is 6. The van der Waals surface area contributed by atoms with Gasteiger partial charge in [-0.3, -0.25) is 0 Å². The maximum atomic E-state index is 12.3. The summed E-state index contributed by atoms with van der Waals surface area (Å²) >= 11 is 0. The van der Waals surface area contributed by atoms with Crippen molar-refractivity contribution in [2.75, 3.05) is 6.61 Å². The van der Waals surface area contributed by atoms with Gasteiger partial charge in [0, 0.05) is 36.3 Å². The van der Waals surface area contributed by atoms with Crippen LogP contribution in [0.5, 0.6) is 0 Å². The fourth-order valence-corrected chi connectivity index (χ4v) is 3.00. The Morgan fingerprint density at radius 2 is 1.97 bits per heavy atom. The minimum atomic E-state index is -1.11. The number of carbonyl (C=O) groups is 2. The molecule has 1 atom stereocenters. The van der Waals surface area contributed by atoms with E-state index >= 15 is 0 Å². The summed E-state index contributed by atoms with van der Waals surface area (Å²) in [6.45, 7) is 7.31. The lowest BCUT2D eigenvalue weighted by molar-refractivity contribution is -0.0811. The molecule has 0 radical (unpaired) electrons. The minimum absolute atomic E-state index is 0.157. The van der Waals surface area contributed by atoms with Crippen molar-refractivity contribution in [2.45, 2.75) is 40.0 Å². The molecule has 3 rings (SSSR count). The van der Waals surface area contributed by atoms with E-state index in [2.05, 4.69) is 15.9 Å². The number of esters is 1. The highest BCUT2D eigenvalue weighted by atomic mass is 16.8. The Kier molecular flexibility index (Phi) is 6.06. The van der Waals surface area contributed by atoms with Gasteiger partial charge in [0.25, 0.3) is 0 Å². The van der Waals surface area contributed by atoms with Crippen LogP contribution in [0.1, 0.15) is 49.7 Å². The lowest BCUT2D eigenvalue weighted by Crippen LogP contribution is -2.22. The van der Waals surface area contributed by atoms with Gasteiger partial charge in [0.05, 0.1) is 29.6 Å². The van der Waals surface area contributed by atoms with Crippen molar-refractivity contribution in [3.05, 3.63) is 47.9 Å². The Bertz CT molecular complexity index is 1120. The van der Waals surface area contributed by atoms with Gasteiger partial charge >= 0.3 is 12.1 Å². The molecule has 0 aliphatic carbocycles. The molecule has 0 fully saturated rings. The van der Waals surface area contributed by atoms with Crippen molar-refractivity contribution >= 4 is 23.0 Å². The molecule has 0 N–H and O–H groups in total. The van der Waals surface area contributed by atoms with Crippen molar-refractivity contribution in [2.24, 2.45) is 0 Å². The third-order valence-corrected chi connectivity index (χ3v) is 4.37. The summed E-state index contributed by atoms with van der Waals surface area (Å²) in [4.78, 5) is 23.6. The van der Waals surface area contributed by atoms with Crippen LogP contribution in [0.25, 0.3) is 16.6 Å². The van der Waals surface area contributed by atoms with Crippen LogP contribution in [0.3, 0.4) is 0 Å². The highest BCUT2D eigenvalue weighted by Crippen LogP contribution is 2.26. The summed E-state index contributed by atoms with van der Waals surface area (Å²) in [5, 5.41) is 14.5. The highest BCUT2D eigenvalue weighted by molar-refractivity contribution is 5.90. The second-order valence-electron chi connectivity index (χ2n) is 6.80. The fourth-order valence-electron chi connectivity index (χ4n) is 3.00. The van der Waals surface area contributed by atoms with Gasteiger partial charge in [-0.1, -0.05) is 0 Å². The van der Waals surface area contributed by atoms with E-state index in [0.29, 0.717) is 11.3 Å². The lowest BCUT2D eigenvalue weighted by Gasteiger charge is -2.12. The Hall–Kier alpha value is -3.80. The molecular formula is C21H22N4O5. The molecule has 0 aliphatic rings. The fraction of sp³-hybridized carbons (Fsp3) is 0.333. The molecule has 30 heavy (non-hydrogen) atoms. The maximum absolute atomic E-state index is 12.3. The zero-order valence-corrected chi connectivity index (χ0v) is 17.2. The van der Waals surface area contributed by atoms with E-state index < -0.39 is 18.4 Å². The van der Waals surface area contributed by atoms with E-state index in [0.717, 1.165) is 10.9 Å². The first-order valence-corrected chi connectivity index (χ1v) is 9.48. The van der Waals surface area contributed by atoms with Crippen LogP contribution in [0, 0.1) is 11.3 Å². The van der Waals surface area contributed by atoms with E-state index in [4.69, 9.17) is 9.47 Å². The molecule has 2 heterocycles. The average Bonchev–Trinajstić information content (AvgIpc) is 3.32. The van der Waals surface area contributed by atoms with Gasteiger partial charge in [0.1, 0.15) is 6.07 Å². The molecule has 0 spiro atoms. The topological polar surface area (TPSA) is 108 Å². The van der Waals surface area contributed by atoms with Crippen LogP contribution in [0.15, 0.2) is 36.8 Å². The minimum Gasteiger partial charge on any atom is -0.435 e. The van der Waals surface area contributed by atoms with Gasteiger partial charge in [0.2, 0.25) is 6.29 Å². The summed E-state index contributed by atoms with van der Waals surface area (Å²) < 4.78 is 18.1. The van der Waals surface area contributed by atoms with Gasteiger partial charge < -0.3 is 18.8 Å². The number of nitrogens with zero attached hydrogens (tertiary/aromatic N) is 4. The van der Waals surface area contributed by atoms with Crippen molar-refractivity contribution in [3.8, 4) is 11.8 Å². The van der Waals surface area contributed by atoms with Crippen LogP contribution < -0.4 is 0 Å². The first-order chi connectivity index (χ1) is 14.3. The van der Waals surface area contributed by atoms with E-state index in [1.807, 2.05) is 42.8 Å². The second-order valence-corrected chi connectivity index (χ2v) is 6.80. The Labute approximate surface area is 173 Å². The number of ether oxygens (including phenoxy) is 3. The smallest absolute Gasteiger partial charge is 0.435 e. The van der Waals surface area contributed by atoms with Gasteiger partial charge in [-0.25, -0.2) is 14.3 Å². The van der Waals surface area contributed by atoms with Crippen LogP contribution in [-0.4, -0.2) is 39.4 Å². The van der Waals surface area contributed by atoms with E-state index in [1.54, 1.807) is 6.92 Å².